The fourth-order valence-electron chi connectivity index (χ4n) is 3.15. The van der Waals surface area contributed by atoms with Crippen LogP contribution in [0.4, 0.5) is 0 Å². The molecule has 1 aromatic heterocycles. The van der Waals surface area contributed by atoms with E-state index >= 15 is 0 Å². The third kappa shape index (κ3) is 5.11. The molecule has 0 aliphatic rings. The molecule has 0 aliphatic heterocycles. The fraction of sp³-hybridized carbons (Fsp3) is 0.120. The number of ether oxygens (including phenoxy) is 2. The van der Waals surface area contributed by atoms with E-state index < -0.39 is 0 Å². The molecular weight excluding hydrogens is 390 g/mol. The zero-order valence-electron chi connectivity index (χ0n) is 17.2. The number of nitrogens with one attached hydrogen (secondary N) is 2. The van der Waals surface area contributed by atoms with Crippen LogP contribution in [0.3, 0.4) is 0 Å². The Bertz CT molecular complexity index is 1140. The molecule has 0 fully saturated rings. The second kappa shape index (κ2) is 9.63. The largest absolute Gasteiger partial charge is 0.497 e. The molecule has 6 nitrogen and oxygen atoms in total. The number of H-pyrrole nitrogens is 1. The minimum absolute atomic E-state index is 0.134. The van der Waals surface area contributed by atoms with E-state index in [0.717, 1.165) is 34.0 Å². The zero-order valence-corrected chi connectivity index (χ0v) is 17.2. The van der Waals surface area contributed by atoms with Gasteiger partial charge in [-0.3, -0.25) is 9.89 Å². The highest BCUT2D eigenvalue weighted by atomic mass is 16.5. The maximum absolute atomic E-state index is 12.4. The van der Waals surface area contributed by atoms with Gasteiger partial charge in [-0.1, -0.05) is 42.5 Å². The van der Waals surface area contributed by atoms with E-state index in [1.165, 1.54) is 0 Å². The molecule has 3 aromatic carbocycles. The molecule has 6 heteroatoms. The van der Waals surface area contributed by atoms with Gasteiger partial charge in [-0.15, -0.1) is 0 Å². The molecule has 0 aliphatic carbocycles. The molecule has 4 aromatic rings. The van der Waals surface area contributed by atoms with Gasteiger partial charge in [-0.2, -0.15) is 5.10 Å². The summed E-state index contributed by atoms with van der Waals surface area (Å²) >= 11 is 0. The lowest BCUT2D eigenvalue weighted by Gasteiger charge is -2.08. The van der Waals surface area contributed by atoms with Crippen LogP contribution in [0, 0.1) is 0 Å². The van der Waals surface area contributed by atoms with E-state index in [0.29, 0.717) is 18.7 Å². The first-order valence-electron chi connectivity index (χ1n) is 9.99. The molecule has 31 heavy (non-hydrogen) atoms. The molecule has 0 saturated carbocycles. The molecule has 1 amide bonds. The van der Waals surface area contributed by atoms with Crippen LogP contribution in [0.15, 0.2) is 84.9 Å². The summed E-state index contributed by atoms with van der Waals surface area (Å²) in [5.74, 6) is 1.44. The first-order valence-corrected chi connectivity index (χ1v) is 9.99. The summed E-state index contributed by atoms with van der Waals surface area (Å²) in [4.78, 5) is 12.4. The molecule has 2 N–H and O–H groups in total. The maximum atomic E-state index is 12.4. The summed E-state index contributed by atoms with van der Waals surface area (Å²) in [7, 11) is 1.64. The molecule has 0 saturated heterocycles. The van der Waals surface area contributed by atoms with Gasteiger partial charge in [-0.25, -0.2) is 0 Å². The Balaban J connectivity index is 1.34. The first kappa shape index (κ1) is 20.2. The van der Waals surface area contributed by atoms with Gasteiger partial charge >= 0.3 is 0 Å². The minimum atomic E-state index is -0.134. The minimum Gasteiger partial charge on any atom is -0.497 e. The lowest BCUT2D eigenvalue weighted by molar-refractivity contribution is 0.0947. The Labute approximate surface area is 180 Å². The van der Waals surface area contributed by atoms with Crippen molar-refractivity contribution in [2.45, 2.75) is 0 Å². The van der Waals surface area contributed by atoms with Gasteiger partial charge in [0.15, 0.2) is 0 Å². The molecule has 0 atom stereocenters. The van der Waals surface area contributed by atoms with Gasteiger partial charge in [0.2, 0.25) is 0 Å². The normalized spacial score (nSPS) is 10.5. The summed E-state index contributed by atoms with van der Waals surface area (Å²) < 4.78 is 10.9. The number of methoxy groups -OCH3 is 1. The van der Waals surface area contributed by atoms with Crippen LogP contribution in [0.25, 0.3) is 22.5 Å². The fourth-order valence-corrected chi connectivity index (χ4v) is 3.15. The van der Waals surface area contributed by atoms with Crippen molar-refractivity contribution in [2.24, 2.45) is 0 Å². The average molecular weight is 413 g/mol. The van der Waals surface area contributed by atoms with Gasteiger partial charge in [0.1, 0.15) is 18.1 Å². The average Bonchev–Trinajstić information content (AvgIpc) is 3.33. The van der Waals surface area contributed by atoms with Gasteiger partial charge in [0.25, 0.3) is 5.91 Å². The lowest BCUT2D eigenvalue weighted by Crippen LogP contribution is -2.28. The van der Waals surface area contributed by atoms with Crippen molar-refractivity contribution in [1.29, 1.82) is 0 Å². The number of hydrogen-bond acceptors (Lipinski definition) is 4. The number of amides is 1. The zero-order chi connectivity index (χ0) is 21.5. The second-order valence-electron chi connectivity index (χ2n) is 6.89. The summed E-state index contributed by atoms with van der Waals surface area (Å²) in [6.07, 6.45) is 0. The molecule has 0 bridgehead atoms. The molecule has 1 heterocycles. The quantitative estimate of drug-likeness (QED) is 0.415. The van der Waals surface area contributed by atoms with Crippen LogP contribution in [0.2, 0.25) is 0 Å². The number of carbonyl (C=O) groups excluding carboxylic acids is 1. The van der Waals surface area contributed by atoms with Crippen molar-refractivity contribution in [3.05, 3.63) is 90.5 Å². The first-order chi connectivity index (χ1) is 15.2. The van der Waals surface area contributed by atoms with E-state index in [4.69, 9.17) is 9.47 Å². The molecular formula is C25H23N3O3. The number of benzene rings is 3. The second-order valence-corrected chi connectivity index (χ2v) is 6.89. The van der Waals surface area contributed by atoms with Crippen molar-refractivity contribution in [3.63, 3.8) is 0 Å². The van der Waals surface area contributed by atoms with Crippen LogP contribution >= 0.6 is 0 Å². The van der Waals surface area contributed by atoms with Crippen molar-refractivity contribution >= 4 is 5.91 Å². The van der Waals surface area contributed by atoms with Crippen molar-refractivity contribution < 1.29 is 14.3 Å². The highest BCUT2D eigenvalue weighted by molar-refractivity contribution is 5.94. The van der Waals surface area contributed by atoms with Gasteiger partial charge in [-0.05, 0) is 48.0 Å². The molecule has 0 unspecified atom stereocenters. The van der Waals surface area contributed by atoms with Crippen LogP contribution in [0.1, 0.15) is 10.4 Å². The molecule has 156 valence electrons. The molecule has 0 radical (unpaired) electrons. The number of para-hydroxylation sites is 1. The van der Waals surface area contributed by atoms with Gasteiger partial charge in [0, 0.05) is 11.1 Å². The number of hydrogen-bond donors (Lipinski definition) is 2. The van der Waals surface area contributed by atoms with Crippen molar-refractivity contribution in [1.82, 2.24) is 15.5 Å². The van der Waals surface area contributed by atoms with Gasteiger partial charge in [0.05, 0.1) is 25.0 Å². The summed E-state index contributed by atoms with van der Waals surface area (Å²) in [5, 5.41) is 10.3. The van der Waals surface area contributed by atoms with Gasteiger partial charge < -0.3 is 14.8 Å². The number of carbonyl (C=O) groups is 1. The maximum Gasteiger partial charge on any atom is 0.251 e. The number of nitrogens with zero attached hydrogens (tertiary/aromatic N) is 1. The Morgan fingerprint density at radius 1 is 0.903 bits per heavy atom. The monoisotopic (exact) mass is 413 g/mol. The van der Waals surface area contributed by atoms with Crippen LogP contribution in [0.5, 0.6) is 11.5 Å². The lowest BCUT2D eigenvalue weighted by atomic mass is 10.1. The highest BCUT2D eigenvalue weighted by Crippen LogP contribution is 2.26. The van der Waals surface area contributed by atoms with Crippen molar-refractivity contribution in [2.75, 3.05) is 20.3 Å². The number of rotatable bonds is 8. The van der Waals surface area contributed by atoms with E-state index in [-0.39, 0.29) is 5.91 Å². The Morgan fingerprint density at radius 2 is 1.68 bits per heavy atom. The van der Waals surface area contributed by atoms with Crippen LogP contribution < -0.4 is 14.8 Å². The Kier molecular flexibility index (Phi) is 6.28. The van der Waals surface area contributed by atoms with E-state index in [1.807, 2.05) is 72.8 Å². The number of aromatic nitrogens is 2. The topological polar surface area (TPSA) is 76.2 Å². The third-order valence-corrected chi connectivity index (χ3v) is 4.80. The van der Waals surface area contributed by atoms with E-state index in [2.05, 4.69) is 15.5 Å². The molecule has 0 spiro atoms. The Morgan fingerprint density at radius 3 is 2.45 bits per heavy atom. The summed E-state index contributed by atoms with van der Waals surface area (Å²) in [6.45, 7) is 0.842. The van der Waals surface area contributed by atoms with E-state index in [1.54, 1.807) is 19.2 Å². The predicted molar refractivity (Wildman–Crippen MR) is 120 cm³/mol. The van der Waals surface area contributed by atoms with Crippen molar-refractivity contribution in [3.8, 4) is 34.0 Å². The standard InChI is InChI=1S/C25H23N3O3/c1-30-22-9-5-6-20(16-22)24-17-23(27-28-24)18-10-12-19(13-11-18)25(29)26-14-15-31-21-7-3-2-4-8-21/h2-13,16-17H,14-15H2,1H3,(H,26,29)(H,27,28). The van der Waals surface area contributed by atoms with Crippen LogP contribution in [-0.4, -0.2) is 36.4 Å². The van der Waals surface area contributed by atoms with E-state index in [9.17, 15) is 4.79 Å². The number of aromatic amines is 1. The third-order valence-electron chi connectivity index (χ3n) is 4.80. The predicted octanol–water partition coefficient (Wildman–Crippen LogP) is 4.56. The summed E-state index contributed by atoms with van der Waals surface area (Å²) in [5.41, 5.74) is 4.22. The smallest absolute Gasteiger partial charge is 0.251 e. The highest BCUT2D eigenvalue weighted by Gasteiger charge is 2.09. The SMILES string of the molecule is COc1cccc(-c2cc(-c3ccc(C(=O)NCCOc4ccccc4)cc3)[nH]n2)c1. The van der Waals surface area contributed by atoms with Crippen LogP contribution in [-0.2, 0) is 0 Å². The molecule has 4 rings (SSSR count). The Hall–Kier alpha value is -4.06. The summed E-state index contributed by atoms with van der Waals surface area (Å²) in [6, 6.07) is 26.7.